The van der Waals surface area contributed by atoms with E-state index >= 15 is 0 Å². The lowest BCUT2D eigenvalue weighted by atomic mass is 10.1. The van der Waals surface area contributed by atoms with Gasteiger partial charge in [-0.25, -0.2) is 8.42 Å². The average Bonchev–Trinajstić information content (AvgIpc) is 2.76. The molecule has 0 fully saturated rings. The van der Waals surface area contributed by atoms with Gasteiger partial charge < -0.3 is 14.8 Å². The van der Waals surface area contributed by atoms with Crippen molar-refractivity contribution < 1.29 is 22.7 Å². The quantitative estimate of drug-likeness (QED) is 0.522. The maximum atomic E-state index is 12.7. The molecule has 8 heteroatoms. The van der Waals surface area contributed by atoms with Crippen LogP contribution < -0.4 is 19.5 Å². The molecular weight excluding hydrogens is 428 g/mol. The Morgan fingerprint density at radius 2 is 1.53 bits per heavy atom. The Morgan fingerprint density at radius 1 is 0.906 bits per heavy atom. The summed E-state index contributed by atoms with van der Waals surface area (Å²) < 4.78 is 38.7. The molecule has 1 amide bonds. The van der Waals surface area contributed by atoms with Gasteiger partial charge in [0.15, 0.2) is 6.10 Å². The Labute approximate surface area is 188 Å². The maximum Gasteiger partial charge on any atom is 0.265 e. The van der Waals surface area contributed by atoms with Gasteiger partial charge in [-0.3, -0.25) is 9.52 Å². The minimum absolute atomic E-state index is 0.0954. The minimum atomic E-state index is -3.75. The molecule has 0 saturated carbocycles. The number of sulfonamides is 1. The second kappa shape index (κ2) is 9.74. The van der Waals surface area contributed by atoms with Crippen LogP contribution in [0.2, 0.25) is 0 Å². The summed E-state index contributed by atoms with van der Waals surface area (Å²) in [4.78, 5) is 12.5. The normalized spacial score (nSPS) is 12.0. The Bertz CT molecular complexity index is 1190. The van der Waals surface area contributed by atoms with E-state index in [-0.39, 0.29) is 10.8 Å². The Hall–Kier alpha value is -3.52. The third-order valence-electron chi connectivity index (χ3n) is 4.80. The molecule has 0 aliphatic heterocycles. The lowest BCUT2D eigenvalue weighted by Crippen LogP contribution is -2.30. The number of ether oxygens (including phenoxy) is 2. The predicted molar refractivity (Wildman–Crippen MR) is 125 cm³/mol. The van der Waals surface area contributed by atoms with E-state index in [0.29, 0.717) is 22.9 Å². The lowest BCUT2D eigenvalue weighted by Gasteiger charge is -2.15. The number of hydrogen-bond acceptors (Lipinski definition) is 5. The van der Waals surface area contributed by atoms with Gasteiger partial charge in [0.1, 0.15) is 11.5 Å². The summed E-state index contributed by atoms with van der Waals surface area (Å²) in [6.45, 7) is 5.42. The molecule has 3 aromatic rings. The van der Waals surface area contributed by atoms with Gasteiger partial charge in [-0.2, -0.15) is 0 Å². The molecule has 3 rings (SSSR count). The van der Waals surface area contributed by atoms with Crippen LogP contribution in [0.3, 0.4) is 0 Å². The molecule has 0 bridgehead atoms. The van der Waals surface area contributed by atoms with Crippen molar-refractivity contribution in [2.24, 2.45) is 0 Å². The summed E-state index contributed by atoms with van der Waals surface area (Å²) in [6.07, 6.45) is -0.752. The molecule has 0 aliphatic rings. The second-order valence-electron chi connectivity index (χ2n) is 7.37. The van der Waals surface area contributed by atoms with E-state index in [1.807, 2.05) is 26.0 Å². The van der Waals surface area contributed by atoms with Gasteiger partial charge in [-0.15, -0.1) is 0 Å². The number of carbonyl (C=O) groups is 1. The lowest BCUT2D eigenvalue weighted by molar-refractivity contribution is -0.122. The molecule has 7 nitrogen and oxygen atoms in total. The predicted octanol–water partition coefficient (Wildman–Crippen LogP) is 4.52. The number of benzene rings is 3. The van der Waals surface area contributed by atoms with E-state index < -0.39 is 16.1 Å². The molecule has 1 atom stereocenters. The Morgan fingerprint density at radius 3 is 2.12 bits per heavy atom. The van der Waals surface area contributed by atoms with Crippen LogP contribution in [-0.4, -0.2) is 27.5 Å². The van der Waals surface area contributed by atoms with Gasteiger partial charge >= 0.3 is 0 Å². The van der Waals surface area contributed by atoms with Crippen LogP contribution in [0.1, 0.15) is 18.1 Å². The van der Waals surface area contributed by atoms with E-state index in [1.165, 1.54) is 24.3 Å². The standard InChI is InChI=1S/C24H26N2O5S/c1-16-5-14-23(17(2)15-16)26-32(28,29)22-12-6-19(7-13-22)25-24(27)18(3)31-21-10-8-20(30-4)9-11-21/h5-15,18,26H,1-4H3,(H,25,27). The van der Waals surface area contributed by atoms with Crippen LogP contribution in [0.4, 0.5) is 11.4 Å². The van der Waals surface area contributed by atoms with Gasteiger partial charge in [-0.05, 0) is 80.9 Å². The number of rotatable bonds is 8. The molecule has 168 valence electrons. The number of nitrogens with one attached hydrogen (secondary N) is 2. The third-order valence-corrected chi connectivity index (χ3v) is 6.18. The van der Waals surface area contributed by atoms with Crippen molar-refractivity contribution in [3.05, 3.63) is 77.9 Å². The van der Waals surface area contributed by atoms with Gasteiger partial charge in [0.2, 0.25) is 0 Å². The van der Waals surface area contributed by atoms with E-state index in [0.717, 1.165) is 11.1 Å². The first kappa shape index (κ1) is 23.1. The fourth-order valence-electron chi connectivity index (χ4n) is 3.01. The summed E-state index contributed by atoms with van der Waals surface area (Å²) in [5.41, 5.74) is 2.88. The minimum Gasteiger partial charge on any atom is -0.497 e. The van der Waals surface area contributed by atoms with E-state index in [2.05, 4.69) is 10.0 Å². The first-order valence-corrected chi connectivity index (χ1v) is 11.5. The Balaban J connectivity index is 1.63. The second-order valence-corrected chi connectivity index (χ2v) is 9.06. The summed E-state index contributed by atoms with van der Waals surface area (Å²) in [5, 5.41) is 2.72. The van der Waals surface area contributed by atoms with Crippen molar-refractivity contribution >= 4 is 27.3 Å². The van der Waals surface area contributed by atoms with E-state index in [9.17, 15) is 13.2 Å². The van der Waals surface area contributed by atoms with E-state index in [1.54, 1.807) is 44.4 Å². The highest BCUT2D eigenvalue weighted by molar-refractivity contribution is 7.92. The van der Waals surface area contributed by atoms with Crippen LogP contribution in [-0.2, 0) is 14.8 Å². The zero-order valence-electron chi connectivity index (χ0n) is 18.4. The zero-order chi connectivity index (χ0) is 23.3. The fourth-order valence-corrected chi connectivity index (χ4v) is 4.14. The van der Waals surface area contributed by atoms with Crippen LogP contribution >= 0.6 is 0 Å². The molecular formula is C24H26N2O5S. The SMILES string of the molecule is COc1ccc(OC(C)C(=O)Nc2ccc(S(=O)(=O)Nc3ccc(C)cc3C)cc2)cc1. The molecule has 1 unspecified atom stereocenters. The van der Waals surface area contributed by atoms with Crippen molar-refractivity contribution in [1.82, 2.24) is 0 Å². The van der Waals surface area contributed by atoms with Gasteiger partial charge in [0.25, 0.3) is 15.9 Å². The van der Waals surface area contributed by atoms with Gasteiger partial charge in [-0.1, -0.05) is 17.7 Å². The van der Waals surface area contributed by atoms with Crippen LogP contribution in [0.5, 0.6) is 11.5 Å². The van der Waals surface area contributed by atoms with Crippen molar-refractivity contribution in [3.63, 3.8) is 0 Å². The molecule has 0 heterocycles. The highest BCUT2D eigenvalue weighted by Crippen LogP contribution is 2.22. The number of carbonyl (C=O) groups excluding carboxylic acids is 1. The monoisotopic (exact) mass is 454 g/mol. The van der Waals surface area contributed by atoms with Crippen LogP contribution in [0.25, 0.3) is 0 Å². The number of aryl methyl sites for hydroxylation is 2. The first-order chi connectivity index (χ1) is 15.2. The van der Waals surface area contributed by atoms with Crippen molar-refractivity contribution in [2.45, 2.75) is 31.8 Å². The summed E-state index contributed by atoms with van der Waals surface area (Å²) in [6, 6.07) is 18.4. The zero-order valence-corrected chi connectivity index (χ0v) is 19.2. The topological polar surface area (TPSA) is 93.7 Å². The molecule has 0 radical (unpaired) electrons. The summed E-state index contributed by atoms with van der Waals surface area (Å²) in [7, 11) is -2.18. The van der Waals surface area contributed by atoms with Crippen molar-refractivity contribution in [3.8, 4) is 11.5 Å². The summed E-state index contributed by atoms with van der Waals surface area (Å²) >= 11 is 0. The first-order valence-electron chi connectivity index (χ1n) is 9.99. The number of anilines is 2. The smallest absolute Gasteiger partial charge is 0.265 e. The Kier molecular flexibility index (Phi) is 7.05. The van der Waals surface area contributed by atoms with Gasteiger partial charge in [0.05, 0.1) is 17.7 Å². The molecule has 0 spiro atoms. The number of methoxy groups -OCH3 is 1. The molecule has 32 heavy (non-hydrogen) atoms. The molecule has 2 N–H and O–H groups in total. The van der Waals surface area contributed by atoms with Crippen LogP contribution in [0.15, 0.2) is 71.6 Å². The largest absolute Gasteiger partial charge is 0.497 e. The maximum absolute atomic E-state index is 12.7. The molecule has 0 aliphatic carbocycles. The molecule has 3 aromatic carbocycles. The number of hydrogen-bond donors (Lipinski definition) is 2. The highest BCUT2D eigenvalue weighted by atomic mass is 32.2. The van der Waals surface area contributed by atoms with Crippen molar-refractivity contribution in [2.75, 3.05) is 17.1 Å². The van der Waals surface area contributed by atoms with Crippen molar-refractivity contribution in [1.29, 1.82) is 0 Å². The van der Waals surface area contributed by atoms with E-state index in [4.69, 9.17) is 9.47 Å². The molecule has 0 saturated heterocycles. The highest BCUT2D eigenvalue weighted by Gasteiger charge is 2.18. The fraction of sp³-hybridized carbons (Fsp3) is 0.208. The number of amides is 1. The summed E-state index contributed by atoms with van der Waals surface area (Å²) in [5.74, 6) is 0.869. The van der Waals surface area contributed by atoms with Gasteiger partial charge in [0, 0.05) is 5.69 Å². The third kappa shape index (κ3) is 5.79. The van der Waals surface area contributed by atoms with Crippen LogP contribution in [0, 0.1) is 13.8 Å². The average molecular weight is 455 g/mol. The molecule has 0 aromatic heterocycles.